The molecule has 0 spiro atoms. The molecule has 7 nitrogen and oxygen atoms in total. The quantitative estimate of drug-likeness (QED) is 0.481. The summed E-state index contributed by atoms with van der Waals surface area (Å²) in [6, 6.07) is 2.78. The molecule has 1 aliphatic rings. The van der Waals surface area contributed by atoms with E-state index in [-0.39, 0.29) is 30.6 Å². The standard InChI is InChI=1S/C10H10N2O5S/c13-1-2-18-9-3-6-8(4-7(9)12(15)16)17-5-10(14)11-6/h3-4,13H,1-2,5H2,(H,11,14). The summed E-state index contributed by atoms with van der Waals surface area (Å²) in [6.07, 6.45) is 0. The fourth-order valence-electron chi connectivity index (χ4n) is 1.51. The Morgan fingerprint density at radius 3 is 3.00 bits per heavy atom. The van der Waals surface area contributed by atoms with Crippen LogP contribution in [0.2, 0.25) is 0 Å². The molecule has 0 bridgehead atoms. The molecule has 1 aromatic rings. The highest BCUT2D eigenvalue weighted by Gasteiger charge is 2.23. The van der Waals surface area contributed by atoms with E-state index in [1.165, 1.54) is 12.1 Å². The second kappa shape index (κ2) is 5.23. The molecular weight excluding hydrogens is 260 g/mol. The van der Waals surface area contributed by atoms with Crippen molar-refractivity contribution >= 4 is 29.0 Å². The van der Waals surface area contributed by atoms with Gasteiger partial charge in [-0.05, 0) is 6.07 Å². The number of aliphatic hydroxyl groups is 1. The highest BCUT2D eigenvalue weighted by atomic mass is 32.2. The molecule has 18 heavy (non-hydrogen) atoms. The minimum atomic E-state index is -0.514. The Hall–Kier alpha value is -1.80. The molecule has 0 saturated carbocycles. The maximum Gasteiger partial charge on any atom is 0.286 e. The number of nitro benzene ring substituents is 1. The number of ether oxygens (including phenoxy) is 1. The zero-order chi connectivity index (χ0) is 13.1. The SMILES string of the molecule is O=C1COc2cc([N+](=O)[O-])c(SCCO)cc2N1. The number of carbonyl (C=O) groups is 1. The van der Waals surface area contributed by atoms with Crippen LogP contribution in [0.3, 0.4) is 0 Å². The molecule has 0 aliphatic carbocycles. The van der Waals surface area contributed by atoms with Gasteiger partial charge < -0.3 is 15.2 Å². The van der Waals surface area contributed by atoms with Crippen molar-refractivity contribution in [2.24, 2.45) is 0 Å². The molecule has 2 rings (SSSR count). The van der Waals surface area contributed by atoms with Gasteiger partial charge in [0.1, 0.15) is 0 Å². The highest BCUT2D eigenvalue weighted by molar-refractivity contribution is 7.99. The summed E-state index contributed by atoms with van der Waals surface area (Å²) in [5.41, 5.74) is 0.320. The molecule has 0 fully saturated rings. The number of aliphatic hydroxyl groups excluding tert-OH is 1. The molecule has 96 valence electrons. The van der Waals surface area contributed by atoms with Gasteiger partial charge in [0, 0.05) is 5.75 Å². The largest absolute Gasteiger partial charge is 0.481 e. The van der Waals surface area contributed by atoms with E-state index in [1.807, 2.05) is 0 Å². The zero-order valence-corrected chi connectivity index (χ0v) is 10.0. The van der Waals surface area contributed by atoms with E-state index < -0.39 is 4.92 Å². The van der Waals surface area contributed by atoms with Gasteiger partial charge >= 0.3 is 0 Å². The Labute approximate surface area is 106 Å². The van der Waals surface area contributed by atoms with Crippen molar-refractivity contribution in [2.45, 2.75) is 4.90 Å². The van der Waals surface area contributed by atoms with Crippen molar-refractivity contribution in [2.75, 3.05) is 24.3 Å². The smallest absolute Gasteiger partial charge is 0.286 e. The number of hydrogen-bond acceptors (Lipinski definition) is 6. The van der Waals surface area contributed by atoms with E-state index in [0.717, 1.165) is 11.8 Å². The number of amides is 1. The Kier molecular flexibility index (Phi) is 3.68. The number of benzene rings is 1. The van der Waals surface area contributed by atoms with E-state index in [1.54, 1.807) is 0 Å². The molecule has 0 radical (unpaired) electrons. The van der Waals surface area contributed by atoms with Crippen LogP contribution in [0, 0.1) is 10.1 Å². The van der Waals surface area contributed by atoms with E-state index in [2.05, 4.69) is 5.32 Å². The molecule has 1 heterocycles. The number of nitro groups is 1. The maximum absolute atomic E-state index is 11.2. The Morgan fingerprint density at radius 1 is 1.56 bits per heavy atom. The van der Waals surface area contributed by atoms with Crippen molar-refractivity contribution in [3.8, 4) is 5.75 Å². The van der Waals surface area contributed by atoms with Crippen LogP contribution in [0.4, 0.5) is 11.4 Å². The van der Waals surface area contributed by atoms with E-state index >= 15 is 0 Å². The summed E-state index contributed by atoms with van der Waals surface area (Å²) in [5, 5.41) is 22.3. The third kappa shape index (κ3) is 2.54. The average molecular weight is 270 g/mol. The van der Waals surface area contributed by atoms with Gasteiger partial charge in [0.25, 0.3) is 11.6 Å². The van der Waals surface area contributed by atoms with Crippen LogP contribution in [0.1, 0.15) is 0 Å². The van der Waals surface area contributed by atoms with Crippen molar-refractivity contribution < 1.29 is 19.6 Å². The lowest BCUT2D eigenvalue weighted by Gasteiger charge is -2.18. The fraction of sp³-hybridized carbons (Fsp3) is 0.300. The van der Waals surface area contributed by atoms with E-state index in [4.69, 9.17) is 9.84 Å². The van der Waals surface area contributed by atoms with Crippen molar-refractivity contribution in [3.63, 3.8) is 0 Å². The molecule has 1 aliphatic heterocycles. The fourth-order valence-corrected chi connectivity index (χ4v) is 2.30. The first-order valence-electron chi connectivity index (χ1n) is 5.10. The van der Waals surface area contributed by atoms with Crippen LogP contribution >= 0.6 is 11.8 Å². The third-order valence-electron chi connectivity index (χ3n) is 2.24. The Balaban J connectivity index is 2.40. The minimum absolute atomic E-state index is 0.0816. The van der Waals surface area contributed by atoms with Gasteiger partial charge in [0.2, 0.25) is 0 Å². The lowest BCUT2D eigenvalue weighted by Crippen LogP contribution is -2.25. The van der Waals surface area contributed by atoms with Crippen LogP contribution in [-0.4, -0.2) is 34.9 Å². The molecule has 0 atom stereocenters. The molecule has 2 N–H and O–H groups in total. The lowest BCUT2D eigenvalue weighted by molar-refractivity contribution is -0.387. The summed E-state index contributed by atoms with van der Waals surface area (Å²) >= 11 is 1.15. The van der Waals surface area contributed by atoms with Crippen LogP contribution in [-0.2, 0) is 4.79 Å². The van der Waals surface area contributed by atoms with Gasteiger partial charge in [0.05, 0.1) is 28.2 Å². The number of nitrogens with zero attached hydrogens (tertiary/aromatic N) is 1. The predicted molar refractivity (Wildman–Crippen MR) is 65.0 cm³/mol. The normalized spacial score (nSPS) is 13.5. The monoisotopic (exact) mass is 270 g/mol. The molecule has 0 aromatic heterocycles. The molecular formula is C10H10N2O5S. The molecule has 0 saturated heterocycles. The molecule has 1 amide bonds. The first kappa shape index (κ1) is 12.7. The van der Waals surface area contributed by atoms with Crippen molar-refractivity contribution in [1.29, 1.82) is 0 Å². The van der Waals surface area contributed by atoms with Gasteiger partial charge in [0.15, 0.2) is 12.4 Å². The van der Waals surface area contributed by atoms with Crippen molar-refractivity contribution in [1.82, 2.24) is 0 Å². The second-order valence-electron chi connectivity index (χ2n) is 3.48. The number of rotatable bonds is 4. The van der Waals surface area contributed by atoms with Crippen LogP contribution in [0.5, 0.6) is 5.75 Å². The predicted octanol–water partition coefficient (Wildman–Crippen LogP) is 1.01. The Morgan fingerprint density at radius 2 is 2.33 bits per heavy atom. The number of nitrogens with one attached hydrogen (secondary N) is 1. The van der Waals surface area contributed by atoms with Gasteiger partial charge in [-0.2, -0.15) is 0 Å². The number of fused-ring (bicyclic) bond motifs is 1. The van der Waals surface area contributed by atoms with Gasteiger partial charge in [-0.25, -0.2) is 0 Å². The van der Waals surface area contributed by atoms with Gasteiger partial charge in [-0.15, -0.1) is 11.8 Å². The highest BCUT2D eigenvalue weighted by Crippen LogP contribution is 2.39. The van der Waals surface area contributed by atoms with Crippen LogP contribution < -0.4 is 10.1 Å². The molecule has 1 aromatic carbocycles. The number of hydrogen-bond donors (Lipinski definition) is 2. The zero-order valence-electron chi connectivity index (χ0n) is 9.21. The van der Waals surface area contributed by atoms with Crippen LogP contribution in [0.25, 0.3) is 0 Å². The minimum Gasteiger partial charge on any atom is -0.481 e. The summed E-state index contributed by atoms with van der Waals surface area (Å²) in [7, 11) is 0. The first-order valence-corrected chi connectivity index (χ1v) is 6.09. The van der Waals surface area contributed by atoms with E-state index in [0.29, 0.717) is 16.3 Å². The van der Waals surface area contributed by atoms with E-state index in [9.17, 15) is 14.9 Å². The average Bonchev–Trinajstić information content (AvgIpc) is 2.34. The number of carbonyl (C=O) groups excluding carboxylic acids is 1. The van der Waals surface area contributed by atoms with Crippen molar-refractivity contribution in [3.05, 3.63) is 22.2 Å². The molecule has 0 unspecified atom stereocenters. The summed E-state index contributed by atoms with van der Waals surface area (Å²) in [6.45, 7) is -0.227. The van der Waals surface area contributed by atoms with Crippen LogP contribution in [0.15, 0.2) is 17.0 Å². The first-order chi connectivity index (χ1) is 8.61. The molecule has 8 heteroatoms. The number of thioether (sulfide) groups is 1. The summed E-state index contributed by atoms with van der Waals surface area (Å²) in [5.74, 6) is 0.332. The summed E-state index contributed by atoms with van der Waals surface area (Å²) < 4.78 is 5.11. The van der Waals surface area contributed by atoms with Gasteiger partial charge in [-0.3, -0.25) is 14.9 Å². The second-order valence-corrected chi connectivity index (χ2v) is 4.62. The third-order valence-corrected chi connectivity index (χ3v) is 3.26. The lowest BCUT2D eigenvalue weighted by atomic mass is 10.2. The Bertz CT molecular complexity index is 505. The topological polar surface area (TPSA) is 102 Å². The maximum atomic E-state index is 11.2. The van der Waals surface area contributed by atoms with Gasteiger partial charge in [-0.1, -0.05) is 0 Å². The summed E-state index contributed by atoms with van der Waals surface area (Å²) in [4.78, 5) is 21.9. The number of anilines is 1.